The lowest BCUT2D eigenvalue weighted by molar-refractivity contribution is 0.0942. The van der Waals surface area contributed by atoms with Gasteiger partial charge in [0.05, 0.1) is 11.1 Å². The number of ether oxygens (including phenoxy) is 2. The molecule has 0 saturated carbocycles. The quantitative estimate of drug-likeness (QED) is 0.226. The van der Waals surface area contributed by atoms with Crippen molar-refractivity contribution in [3.8, 4) is 22.6 Å². The van der Waals surface area contributed by atoms with Gasteiger partial charge in [0.15, 0.2) is 0 Å². The van der Waals surface area contributed by atoms with E-state index in [9.17, 15) is 9.59 Å². The van der Waals surface area contributed by atoms with E-state index < -0.39 is 11.8 Å². The Morgan fingerprint density at radius 1 is 0.821 bits per heavy atom. The molecule has 0 heterocycles. The van der Waals surface area contributed by atoms with Crippen molar-refractivity contribution >= 4 is 11.8 Å². The van der Waals surface area contributed by atoms with Crippen molar-refractivity contribution in [2.75, 3.05) is 13.2 Å². The monoisotopic (exact) mass is 382 g/mol. The van der Waals surface area contributed by atoms with Gasteiger partial charge < -0.3 is 9.47 Å². The van der Waals surface area contributed by atoms with E-state index in [1.54, 1.807) is 48.6 Å². The van der Waals surface area contributed by atoms with E-state index in [1.807, 2.05) is 0 Å². The Balaban J connectivity index is 2.50. The fraction of sp³-hybridized carbons (Fsp3) is 0.100. The maximum absolute atomic E-state index is 11.9. The molecule has 0 unspecified atom stereocenters. The summed E-state index contributed by atoms with van der Waals surface area (Å²) in [6, 6.07) is 10.1. The largest absolute Gasteiger partial charge is 0.489 e. The number of amides is 2. The number of nitrogen functional groups attached to an aromatic ring is 2. The summed E-state index contributed by atoms with van der Waals surface area (Å²) in [7, 11) is 0. The molecule has 28 heavy (non-hydrogen) atoms. The number of hydrogen-bond acceptors (Lipinski definition) is 6. The first kappa shape index (κ1) is 20.7. The van der Waals surface area contributed by atoms with Crippen LogP contribution in [0.25, 0.3) is 11.1 Å². The Morgan fingerprint density at radius 2 is 1.21 bits per heavy atom. The van der Waals surface area contributed by atoms with Gasteiger partial charge in [-0.25, -0.2) is 11.7 Å². The molecule has 2 rings (SSSR count). The van der Waals surface area contributed by atoms with Crippen LogP contribution in [-0.2, 0) is 0 Å². The minimum Gasteiger partial charge on any atom is -0.489 e. The molecule has 0 aliphatic carbocycles. The van der Waals surface area contributed by atoms with E-state index in [-0.39, 0.29) is 24.3 Å². The zero-order valence-electron chi connectivity index (χ0n) is 15.2. The average Bonchev–Trinajstić information content (AvgIpc) is 2.74. The molecule has 0 atom stereocenters. The lowest BCUT2D eigenvalue weighted by Crippen LogP contribution is -2.30. The van der Waals surface area contributed by atoms with E-state index in [2.05, 4.69) is 24.0 Å². The molecule has 0 aliphatic rings. The van der Waals surface area contributed by atoms with Crippen LogP contribution in [-0.4, -0.2) is 25.0 Å². The lowest BCUT2D eigenvalue weighted by atomic mass is 10.0. The second kappa shape index (κ2) is 9.91. The normalized spacial score (nSPS) is 9.93. The molecule has 2 aromatic carbocycles. The summed E-state index contributed by atoms with van der Waals surface area (Å²) in [6.07, 6.45) is 3.14. The SMILES string of the molecule is C=CCOc1cc(-c2ccc(C(=O)NN)c(OCC=C)c2)ccc1C(=O)NN. The van der Waals surface area contributed by atoms with Crippen LogP contribution < -0.4 is 32.0 Å². The highest BCUT2D eigenvalue weighted by Crippen LogP contribution is 2.31. The van der Waals surface area contributed by atoms with Crippen LogP contribution in [0, 0.1) is 0 Å². The summed E-state index contributed by atoms with van der Waals surface area (Å²) in [5, 5.41) is 0. The first-order valence-electron chi connectivity index (χ1n) is 8.33. The molecule has 8 nitrogen and oxygen atoms in total. The van der Waals surface area contributed by atoms with Crippen LogP contribution in [0.2, 0.25) is 0 Å². The summed E-state index contributed by atoms with van der Waals surface area (Å²) in [5.41, 5.74) is 6.24. The molecular weight excluding hydrogens is 360 g/mol. The van der Waals surface area contributed by atoms with Gasteiger partial charge in [-0.2, -0.15) is 0 Å². The number of nitrogens with two attached hydrogens (primary N) is 2. The molecule has 2 aromatic rings. The first-order chi connectivity index (χ1) is 13.5. The van der Waals surface area contributed by atoms with Crippen LogP contribution in [0.15, 0.2) is 61.7 Å². The van der Waals surface area contributed by atoms with Crippen molar-refractivity contribution in [3.63, 3.8) is 0 Å². The molecule has 8 heteroatoms. The molecule has 0 aromatic heterocycles. The van der Waals surface area contributed by atoms with E-state index in [0.717, 1.165) is 11.1 Å². The summed E-state index contributed by atoms with van der Waals surface area (Å²) < 4.78 is 11.2. The molecule has 0 fully saturated rings. The average molecular weight is 382 g/mol. The predicted molar refractivity (Wildman–Crippen MR) is 107 cm³/mol. The van der Waals surface area contributed by atoms with Gasteiger partial charge in [-0.3, -0.25) is 20.4 Å². The first-order valence-corrected chi connectivity index (χ1v) is 8.33. The fourth-order valence-electron chi connectivity index (χ4n) is 2.47. The number of benzene rings is 2. The fourth-order valence-corrected chi connectivity index (χ4v) is 2.47. The van der Waals surface area contributed by atoms with E-state index in [0.29, 0.717) is 11.5 Å². The Labute approximate surface area is 162 Å². The van der Waals surface area contributed by atoms with Gasteiger partial charge in [-0.05, 0) is 35.4 Å². The minimum absolute atomic E-state index is 0.220. The Kier molecular flexibility index (Phi) is 7.32. The van der Waals surface area contributed by atoms with Gasteiger partial charge in [-0.1, -0.05) is 37.4 Å². The molecule has 146 valence electrons. The Morgan fingerprint density at radius 3 is 1.54 bits per heavy atom. The van der Waals surface area contributed by atoms with Crippen molar-refractivity contribution in [1.29, 1.82) is 0 Å². The topological polar surface area (TPSA) is 129 Å². The second-order valence-corrected chi connectivity index (χ2v) is 5.57. The van der Waals surface area contributed by atoms with Crippen LogP contribution in [0.4, 0.5) is 0 Å². The summed E-state index contributed by atoms with van der Waals surface area (Å²) in [6.45, 7) is 7.64. The molecular formula is C20H22N4O4. The molecule has 0 aliphatic heterocycles. The van der Waals surface area contributed by atoms with E-state index in [4.69, 9.17) is 21.2 Å². The number of rotatable bonds is 9. The highest BCUT2D eigenvalue weighted by molar-refractivity contribution is 5.98. The highest BCUT2D eigenvalue weighted by Gasteiger charge is 2.16. The second-order valence-electron chi connectivity index (χ2n) is 5.57. The van der Waals surface area contributed by atoms with Gasteiger partial charge in [0, 0.05) is 0 Å². The predicted octanol–water partition coefficient (Wildman–Crippen LogP) is 1.69. The third-order valence-electron chi connectivity index (χ3n) is 3.76. The highest BCUT2D eigenvalue weighted by atomic mass is 16.5. The third-order valence-corrected chi connectivity index (χ3v) is 3.76. The van der Waals surface area contributed by atoms with Gasteiger partial charge >= 0.3 is 0 Å². The maximum atomic E-state index is 11.9. The van der Waals surface area contributed by atoms with E-state index >= 15 is 0 Å². The molecule has 0 bridgehead atoms. The zero-order chi connectivity index (χ0) is 20.5. The van der Waals surface area contributed by atoms with Crippen molar-refractivity contribution in [1.82, 2.24) is 10.9 Å². The van der Waals surface area contributed by atoms with Gasteiger partial charge in [0.25, 0.3) is 11.8 Å². The molecule has 6 N–H and O–H groups in total. The standard InChI is InChI=1S/C20H22N4O4/c1-3-9-27-17-11-13(5-7-15(17)19(25)23-21)14-6-8-16(20(26)24-22)18(12-14)28-10-4-2/h3-8,11-12H,1-2,9-10,21-22H2,(H,23,25)(H,24,26). The van der Waals surface area contributed by atoms with Gasteiger partial charge in [-0.15, -0.1) is 0 Å². The minimum atomic E-state index is -0.476. The summed E-state index contributed by atoms with van der Waals surface area (Å²) in [4.78, 5) is 23.9. The van der Waals surface area contributed by atoms with Crippen LogP contribution >= 0.6 is 0 Å². The summed E-state index contributed by atoms with van der Waals surface area (Å²) >= 11 is 0. The number of nitrogens with one attached hydrogen (secondary N) is 2. The van der Waals surface area contributed by atoms with Crippen LogP contribution in [0.1, 0.15) is 20.7 Å². The molecule has 2 amide bonds. The van der Waals surface area contributed by atoms with Crippen molar-refractivity contribution in [3.05, 3.63) is 72.8 Å². The number of hydrazine groups is 2. The van der Waals surface area contributed by atoms with Crippen molar-refractivity contribution in [2.24, 2.45) is 11.7 Å². The molecule has 0 saturated heterocycles. The Bertz CT molecular complexity index is 822. The molecule has 0 radical (unpaired) electrons. The van der Waals surface area contributed by atoms with Crippen LogP contribution in [0.3, 0.4) is 0 Å². The van der Waals surface area contributed by atoms with Gasteiger partial charge in [0.2, 0.25) is 0 Å². The molecule has 0 spiro atoms. The summed E-state index contributed by atoms with van der Waals surface area (Å²) in [5.74, 6) is 10.2. The number of carbonyl (C=O) groups excluding carboxylic acids is 2. The van der Waals surface area contributed by atoms with Crippen LogP contribution in [0.5, 0.6) is 11.5 Å². The van der Waals surface area contributed by atoms with E-state index in [1.165, 1.54) is 0 Å². The smallest absolute Gasteiger partial charge is 0.268 e. The number of hydrogen-bond donors (Lipinski definition) is 4. The van der Waals surface area contributed by atoms with Crippen molar-refractivity contribution < 1.29 is 19.1 Å². The third kappa shape index (κ3) is 4.76. The zero-order valence-corrected chi connectivity index (χ0v) is 15.2. The maximum Gasteiger partial charge on any atom is 0.268 e. The number of carbonyl (C=O) groups is 2. The lowest BCUT2D eigenvalue weighted by Gasteiger charge is -2.14. The van der Waals surface area contributed by atoms with Crippen molar-refractivity contribution in [2.45, 2.75) is 0 Å². The van der Waals surface area contributed by atoms with Gasteiger partial charge in [0.1, 0.15) is 24.7 Å². The Hall–Kier alpha value is -3.62.